The molecule has 7 amide bonds. The highest BCUT2D eigenvalue weighted by molar-refractivity contribution is 7.13. The van der Waals surface area contributed by atoms with Gasteiger partial charge in [0.2, 0.25) is 29.5 Å². The molecular formula is C55H71FN14O9S. The number of aryl methyl sites for hydroxylation is 2. The minimum atomic E-state index is -2.02. The molecule has 1 saturated heterocycles. The Hall–Kier alpha value is -7.93. The Morgan fingerprint density at radius 1 is 0.900 bits per heavy atom. The summed E-state index contributed by atoms with van der Waals surface area (Å²) in [6, 6.07) is 11.1. The first-order valence-electron chi connectivity index (χ1n) is 26.7. The van der Waals surface area contributed by atoms with Gasteiger partial charge in [-0.05, 0) is 61.3 Å². The number of anilines is 3. The number of carbonyl (C=O) groups excluding carboxylic acids is 7. The van der Waals surface area contributed by atoms with Crippen LogP contribution in [0.5, 0.6) is 5.75 Å². The third kappa shape index (κ3) is 15.7. The van der Waals surface area contributed by atoms with Crippen molar-refractivity contribution in [2.45, 2.75) is 128 Å². The zero-order chi connectivity index (χ0) is 57.7. The summed E-state index contributed by atoms with van der Waals surface area (Å²) in [7, 11) is 4.69. The average Bonchev–Trinajstić information content (AvgIpc) is 3.79. The van der Waals surface area contributed by atoms with Crippen LogP contribution in [0.3, 0.4) is 0 Å². The lowest BCUT2D eigenvalue weighted by atomic mass is 9.85. The van der Waals surface area contributed by atoms with Crippen LogP contribution in [0.1, 0.15) is 119 Å². The van der Waals surface area contributed by atoms with Gasteiger partial charge in [-0.2, -0.15) is 5.10 Å². The highest BCUT2D eigenvalue weighted by Gasteiger charge is 2.53. The monoisotopic (exact) mass is 1120 g/mol. The van der Waals surface area contributed by atoms with Crippen LogP contribution in [0.2, 0.25) is 0 Å². The summed E-state index contributed by atoms with van der Waals surface area (Å²) in [5.74, 6) is -2.88. The number of hydrogen-bond acceptors (Lipinski definition) is 16. The second-order valence-corrected chi connectivity index (χ2v) is 22.0. The van der Waals surface area contributed by atoms with Gasteiger partial charge in [0.25, 0.3) is 11.8 Å². The number of aromatic nitrogens is 6. The van der Waals surface area contributed by atoms with Crippen LogP contribution in [-0.2, 0) is 35.8 Å². The molecule has 23 nitrogen and oxygen atoms in total. The molecule has 428 valence electrons. The van der Waals surface area contributed by atoms with E-state index in [4.69, 9.17) is 4.74 Å². The van der Waals surface area contributed by atoms with Crippen molar-refractivity contribution in [3.63, 3.8) is 0 Å². The molecular weight excluding hydrogens is 1050 g/mol. The Balaban J connectivity index is 0.844. The van der Waals surface area contributed by atoms with Gasteiger partial charge in [-0.25, -0.2) is 14.4 Å². The number of aliphatic hydroxyl groups excluding tert-OH is 1. The predicted octanol–water partition coefficient (Wildman–Crippen LogP) is 4.96. The van der Waals surface area contributed by atoms with Crippen LogP contribution in [0.25, 0.3) is 21.8 Å². The number of ether oxygens (including phenoxy) is 1. The van der Waals surface area contributed by atoms with Gasteiger partial charge in [0, 0.05) is 46.1 Å². The second-order valence-electron chi connectivity index (χ2n) is 21.2. The molecule has 7 rings (SSSR count). The van der Waals surface area contributed by atoms with Gasteiger partial charge in [-0.15, -0.1) is 21.5 Å². The molecule has 5 aromatic rings. The molecule has 4 atom stereocenters. The van der Waals surface area contributed by atoms with Gasteiger partial charge in [-0.3, -0.25) is 38.2 Å². The number of aliphatic hydroxyl groups is 1. The number of likely N-dealkylation sites (tertiary alicyclic amines) is 1. The highest BCUT2D eigenvalue weighted by Crippen LogP contribution is 2.41. The van der Waals surface area contributed by atoms with Gasteiger partial charge in [0.1, 0.15) is 18.4 Å². The number of para-hydroxylation sites is 1. The summed E-state index contributed by atoms with van der Waals surface area (Å²) in [5.41, 5.74) is 2.57. The van der Waals surface area contributed by atoms with Crippen molar-refractivity contribution < 1.29 is 47.8 Å². The fourth-order valence-corrected chi connectivity index (χ4v) is 10.0. The number of thiazole rings is 1. The minimum absolute atomic E-state index is 0.0331. The lowest BCUT2D eigenvalue weighted by Gasteiger charge is -2.36. The van der Waals surface area contributed by atoms with E-state index in [1.807, 2.05) is 31.2 Å². The first-order valence-corrected chi connectivity index (χ1v) is 27.6. The number of benzene rings is 2. The van der Waals surface area contributed by atoms with E-state index in [1.165, 1.54) is 36.5 Å². The molecule has 3 aromatic heterocycles. The summed E-state index contributed by atoms with van der Waals surface area (Å²) in [5, 5.41) is 42.6. The topological polar surface area (TPSA) is 306 Å². The van der Waals surface area contributed by atoms with E-state index in [-0.39, 0.29) is 74.2 Å². The van der Waals surface area contributed by atoms with Crippen molar-refractivity contribution in [3.05, 3.63) is 77.3 Å². The molecule has 1 aliphatic heterocycles. The maximum atomic E-state index is 14.8. The molecule has 0 bridgehead atoms. The third-order valence-corrected chi connectivity index (χ3v) is 14.8. The largest absolute Gasteiger partial charge is 0.494 e. The summed E-state index contributed by atoms with van der Waals surface area (Å²) in [6.07, 6.45) is 5.28. The number of hydrogen-bond donors (Lipinski definition) is 8. The zero-order valence-corrected chi connectivity index (χ0v) is 46.9. The smallest absolute Gasteiger partial charge is 0.273 e. The Morgan fingerprint density at radius 2 is 1.62 bits per heavy atom. The molecule has 25 heteroatoms. The number of rotatable bonds is 26. The number of carbonyl (C=O) groups is 7. The number of alkyl halides is 1. The van der Waals surface area contributed by atoms with Crippen molar-refractivity contribution >= 4 is 69.9 Å². The Kier molecular flexibility index (Phi) is 20.0. The standard InChI is InChI=1S/C55H71FN14O9S/c1-32-47(80-31-61-32)34-20-18-33(19-21-34)38(63-50(75)40-25-35(71)29-70(40)52(77)48(54(2,3)4)65-53(78)55(56)22-23-55)27-43(73)58-24-13-11-9-8-10-12-17-42(72)59-28-44(74)64-41-26-39(45(67-66-41)51(76)57-5)62-37-16-14-15-36(46(37)79-7)49-60-30-69(6)68-49/h14-16,18-21,26,30-31,35,38,40,48,71H,8-13,17,22-25,27-29H2,1-7H3,(H,57,76)(H,58,73)(H,59,72)(H,63,75)(H,65,78)(H2,62,64,66,74)/t35-,38+,40+,48-/m1/s1. The molecule has 2 fully saturated rings. The number of nitrogens with zero attached hydrogens (tertiary/aromatic N) is 7. The first-order chi connectivity index (χ1) is 38.2. The van der Waals surface area contributed by atoms with E-state index >= 15 is 0 Å². The van der Waals surface area contributed by atoms with Crippen LogP contribution in [0, 0.1) is 12.3 Å². The Bertz CT molecular complexity index is 3030. The number of amides is 7. The predicted molar refractivity (Wildman–Crippen MR) is 297 cm³/mol. The molecule has 2 aliphatic rings. The average molecular weight is 1120 g/mol. The fraction of sp³-hybridized carbons (Fsp3) is 0.491. The van der Waals surface area contributed by atoms with Gasteiger partial charge >= 0.3 is 0 Å². The molecule has 1 aliphatic carbocycles. The molecule has 2 aromatic carbocycles. The summed E-state index contributed by atoms with van der Waals surface area (Å²) >= 11 is 1.50. The lowest BCUT2D eigenvalue weighted by Crippen LogP contribution is -2.59. The van der Waals surface area contributed by atoms with Crippen molar-refractivity contribution in [1.82, 2.24) is 61.4 Å². The zero-order valence-electron chi connectivity index (χ0n) is 46.1. The van der Waals surface area contributed by atoms with Crippen LogP contribution in [0.4, 0.5) is 21.6 Å². The van der Waals surface area contributed by atoms with Crippen LogP contribution in [-0.4, -0.2) is 139 Å². The third-order valence-electron chi connectivity index (χ3n) is 13.8. The van der Waals surface area contributed by atoms with Crippen LogP contribution in [0.15, 0.2) is 60.4 Å². The number of unbranched alkanes of at least 4 members (excludes halogenated alkanes) is 5. The van der Waals surface area contributed by atoms with E-state index in [0.29, 0.717) is 47.8 Å². The van der Waals surface area contributed by atoms with Crippen LogP contribution < -0.4 is 42.0 Å². The number of methoxy groups -OCH3 is 1. The Morgan fingerprint density at radius 3 is 2.27 bits per heavy atom. The fourth-order valence-electron chi connectivity index (χ4n) is 9.21. The number of β-amino-alcohol motifs (C(OH)–C–C–N with tert-alkyl or cyclic N) is 1. The van der Waals surface area contributed by atoms with E-state index in [1.54, 1.807) is 62.5 Å². The van der Waals surface area contributed by atoms with Gasteiger partial charge in [0.05, 0.1) is 65.2 Å². The SMILES string of the molecule is CNC(=O)c1nnc(NC(=O)CNC(=O)CCCCCCCCNC(=O)C[C@H](NC(=O)[C@@H]2C[C@@H](O)CN2C(=O)[C@@H](NC(=O)C2(F)CC2)C(C)(C)C)c2ccc(-c3scnc3C)cc2)cc1Nc1cccc(-c2ncn(C)n2)c1OC. The van der Waals surface area contributed by atoms with Gasteiger partial charge in [0.15, 0.2) is 28.8 Å². The maximum Gasteiger partial charge on any atom is 0.273 e. The normalized spacial score (nSPS) is 16.2. The molecule has 8 N–H and O–H groups in total. The van der Waals surface area contributed by atoms with Crippen LogP contribution >= 0.6 is 11.3 Å². The summed E-state index contributed by atoms with van der Waals surface area (Å²) in [6.45, 7) is 7.01. The van der Waals surface area contributed by atoms with E-state index < -0.39 is 64.8 Å². The number of halogens is 1. The summed E-state index contributed by atoms with van der Waals surface area (Å²) in [4.78, 5) is 104. The Labute approximate surface area is 467 Å². The van der Waals surface area contributed by atoms with E-state index in [2.05, 4.69) is 62.5 Å². The van der Waals surface area contributed by atoms with Crippen molar-refractivity contribution in [2.75, 3.05) is 44.4 Å². The molecule has 4 heterocycles. The van der Waals surface area contributed by atoms with Crippen molar-refractivity contribution in [1.29, 1.82) is 0 Å². The van der Waals surface area contributed by atoms with Crippen molar-refractivity contribution in [2.24, 2.45) is 12.5 Å². The first kappa shape index (κ1) is 59.7. The molecule has 80 heavy (non-hydrogen) atoms. The molecule has 1 saturated carbocycles. The molecule has 0 spiro atoms. The maximum absolute atomic E-state index is 14.8. The van der Waals surface area contributed by atoms with Crippen molar-refractivity contribution in [3.8, 4) is 27.6 Å². The highest BCUT2D eigenvalue weighted by atomic mass is 32.1. The second kappa shape index (κ2) is 26.8. The van der Waals surface area contributed by atoms with Gasteiger partial charge in [-0.1, -0.05) is 76.8 Å². The lowest BCUT2D eigenvalue weighted by molar-refractivity contribution is -0.145. The van der Waals surface area contributed by atoms with E-state index in [9.17, 15) is 43.1 Å². The molecule has 0 radical (unpaired) electrons. The quantitative estimate of drug-likeness (QED) is 0.0340. The number of nitrogens with one attached hydrogen (secondary N) is 7. The molecule has 0 unspecified atom stereocenters. The minimum Gasteiger partial charge on any atom is -0.494 e. The summed E-state index contributed by atoms with van der Waals surface area (Å²) < 4.78 is 22.0. The van der Waals surface area contributed by atoms with Gasteiger partial charge < -0.3 is 52.0 Å². The van der Waals surface area contributed by atoms with E-state index in [0.717, 1.165) is 41.8 Å².